The Kier molecular flexibility index (Phi) is 7.53. The van der Waals surface area contributed by atoms with Gasteiger partial charge in [0.2, 0.25) is 5.91 Å². The zero-order valence-electron chi connectivity index (χ0n) is 21.8. The van der Waals surface area contributed by atoms with Crippen LogP contribution in [-0.4, -0.2) is 88.8 Å². The Balaban J connectivity index is 0.00000172. The van der Waals surface area contributed by atoms with Crippen LogP contribution in [0.3, 0.4) is 0 Å². The maximum atomic E-state index is 13.2. The Labute approximate surface area is 233 Å². The lowest BCUT2D eigenvalue weighted by atomic mass is 9.18. The second-order valence-corrected chi connectivity index (χ2v) is 9.48. The average Bonchev–Trinajstić information content (AvgIpc) is 3.41. The van der Waals surface area contributed by atoms with E-state index in [2.05, 4.69) is 25.4 Å². The van der Waals surface area contributed by atoms with Crippen LogP contribution in [0.5, 0.6) is 0 Å². The highest BCUT2D eigenvalue weighted by Gasteiger charge is 2.46. The van der Waals surface area contributed by atoms with E-state index in [1.54, 1.807) is 23.7 Å². The molecule has 0 aromatic carbocycles. The van der Waals surface area contributed by atoms with E-state index in [1.807, 2.05) is 19.9 Å². The molecule has 3 unspecified atom stereocenters. The quantitative estimate of drug-likeness (QED) is 0.380. The largest absolute Gasteiger partial charge is 0.395 e. The number of pyridine rings is 3. The minimum absolute atomic E-state index is 0.101. The summed E-state index contributed by atoms with van der Waals surface area (Å²) >= 11 is 0. The molecule has 4 aromatic rings. The summed E-state index contributed by atoms with van der Waals surface area (Å²) in [6, 6.07) is 4.95. The molecule has 184 valence electrons. The van der Waals surface area contributed by atoms with Crippen LogP contribution in [0, 0.1) is 12.8 Å². The van der Waals surface area contributed by atoms with Crippen LogP contribution in [0.4, 0.5) is 10.2 Å². The molecular weight excluding hydrogens is 488 g/mol. The molecule has 1 amide bonds. The molecule has 1 aliphatic carbocycles. The number of hydrogen-bond donors (Lipinski definition) is 2. The fraction of sp³-hybridized carbons (Fsp3) is 0.375. The second-order valence-electron chi connectivity index (χ2n) is 9.48. The third-order valence-corrected chi connectivity index (χ3v) is 6.67. The zero-order chi connectivity index (χ0) is 28.9. The first-order chi connectivity index (χ1) is 18.2. The topological polar surface area (TPSA) is 105 Å². The number of aliphatic hydroxyl groups is 1. The Morgan fingerprint density at radius 1 is 1.05 bits per heavy atom. The molecule has 3 atom stereocenters. The molecule has 1 aliphatic rings. The van der Waals surface area contributed by atoms with Gasteiger partial charge in [0.25, 0.3) is 0 Å². The number of anilines is 1. The molecule has 4 heterocycles. The van der Waals surface area contributed by atoms with Gasteiger partial charge >= 0.3 is 0 Å². The van der Waals surface area contributed by atoms with Crippen molar-refractivity contribution in [1.29, 1.82) is 0 Å². The molecule has 0 spiro atoms. The summed E-state index contributed by atoms with van der Waals surface area (Å²) in [6.07, 6.45) is 3.51. The highest BCUT2D eigenvalue weighted by Crippen LogP contribution is 2.50. The first-order valence-electron chi connectivity index (χ1n) is 12.2. The number of nitrogens with one attached hydrogen (secondary N) is 1. The summed E-state index contributed by atoms with van der Waals surface area (Å²) in [6.45, 7) is 5.76. The number of nitrogens with zero attached hydrogens (tertiary/aromatic N) is 5. The first kappa shape index (κ1) is 28.9. The normalized spacial score (nSPS) is 18.7. The number of hydrogen-bond acceptors (Lipinski definition) is 6. The van der Waals surface area contributed by atoms with Crippen LogP contribution in [0.2, 0.25) is 10.3 Å². The van der Waals surface area contributed by atoms with Gasteiger partial charge in [0.05, 0.1) is 38.3 Å². The van der Waals surface area contributed by atoms with Crippen LogP contribution in [0.25, 0.3) is 27.7 Å². The highest BCUT2D eigenvalue weighted by atomic mass is 19.1. The second kappa shape index (κ2) is 10.2. The first-order valence-corrected chi connectivity index (χ1v) is 12.2. The smallest absolute Gasteiger partial charge is 0.231 e. The summed E-state index contributed by atoms with van der Waals surface area (Å²) < 4.78 is 14.8. The highest BCUT2D eigenvalue weighted by molar-refractivity contribution is 6.68. The molecule has 2 N–H and O–H groups in total. The standard InChI is InChI=1S/C22H15B6FN6O2.C2H6/c1-9-2-16(20(23,37)21(24,25)22(26,27)28)30-7-13(9)11-3-10-6-31-17(34-19(36)12-4-14(12)29)5-15(10)35-18(11)32-8-33-35;1-2/h2-3,5-8,12,14,37H,4H2,1H3,(H,31,34,36);1-2H3. The number of amides is 1. The maximum Gasteiger partial charge on any atom is 0.231 e. The van der Waals surface area contributed by atoms with Gasteiger partial charge in [-0.25, -0.2) is 18.9 Å². The van der Waals surface area contributed by atoms with Crippen molar-refractivity contribution in [3.05, 3.63) is 48.2 Å². The SMILES string of the molecule is CC.[B]C([B])([B])C([B])([B])C([B])(O)c1cc(C)c(-c2cc3cnc(NC(=O)C4CC4F)cc3n3ncnc23)cn1. The van der Waals surface area contributed by atoms with Crippen molar-refractivity contribution in [2.45, 2.75) is 49.2 Å². The van der Waals surface area contributed by atoms with Crippen LogP contribution in [0.1, 0.15) is 31.5 Å². The lowest BCUT2D eigenvalue weighted by Crippen LogP contribution is -2.50. The van der Waals surface area contributed by atoms with Crippen LogP contribution in [0.15, 0.2) is 36.9 Å². The van der Waals surface area contributed by atoms with Crippen molar-refractivity contribution in [1.82, 2.24) is 24.6 Å². The van der Waals surface area contributed by atoms with Crippen LogP contribution >= 0.6 is 0 Å². The molecule has 1 saturated carbocycles. The fourth-order valence-corrected chi connectivity index (χ4v) is 4.08. The molecule has 15 heteroatoms. The van der Waals surface area contributed by atoms with Gasteiger partial charge in [-0.2, -0.15) is 5.10 Å². The molecule has 12 radical (unpaired) electrons. The number of rotatable bonds is 6. The Hall–Kier alpha value is -3.07. The zero-order valence-corrected chi connectivity index (χ0v) is 21.8. The predicted molar refractivity (Wildman–Crippen MR) is 153 cm³/mol. The third-order valence-electron chi connectivity index (χ3n) is 6.67. The minimum atomic E-state index is -2.48. The van der Waals surface area contributed by atoms with Crippen molar-refractivity contribution < 1.29 is 14.3 Å². The number of fused-ring (bicyclic) bond motifs is 3. The molecular formula is C24H21B6FN6O2. The maximum absolute atomic E-state index is 13.2. The van der Waals surface area contributed by atoms with Gasteiger partial charge < -0.3 is 10.4 Å². The molecule has 39 heavy (non-hydrogen) atoms. The molecule has 0 saturated heterocycles. The van der Waals surface area contributed by atoms with Crippen molar-refractivity contribution >= 4 is 75.4 Å². The van der Waals surface area contributed by atoms with E-state index in [1.165, 1.54) is 18.6 Å². The average molecular weight is 509 g/mol. The van der Waals surface area contributed by atoms with Gasteiger partial charge in [-0.3, -0.25) is 9.78 Å². The summed E-state index contributed by atoms with van der Waals surface area (Å²) in [5.41, 5.74) is 0.447. The number of carbonyl (C=O) groups excluding carboxylic acids is 1. The number of alkyl halides is 1. The van der Waals surface area contributed by atoms with E-state index >= 15 is 0 Å². The van der Waals surface area contributed by atoms with E-state index in [0.717, 1.165) is 0 Å². The van der Waals surface area contributed by atoms with Gasteiger partial charge in [-0.1, -0.05) is 19.1 Å². The lowest BCUT2D eigenvalue weighted by molar-refractivity contribution is -0.117. The van der Waals surface area contributed by atoms with Gasteiger partial charge in [-0.15, -0.1) is 5.11 Å². The number of carbonyl (C=O) groups is 1. The van der Waals surface area contributed by atoms with Crippen molar-refractivity contribution in [2.24, 2.45) is 5.92 Å². The summed E-state index contributed by atoms with van der Waals surface area (Å²) in [5.74, 6) is -0.786. The van der Waals surface area contributed by atoms with Gasteiger partial charge in [0, 0.05) is 58.5 Å². The van der Waals surface area contributed by atoms with E-state index in [9.17, 15) is 14.3 Å². The number of aryl methyl sites for hydroxylation is 1. The molecule has 0 aliphatic heterocycles. The van der Waals surface area contributed by atoms with Gasteiger partial charge in [-0.05, 0) is 31.0 Å². The molecule has 5 rings (SSSR count). The fourth-order valence-electron chi connectivity index (χ4n) is 4.08. The molecule has 8 nitrogen and oxygen atoms in total. The Morgan fingerprint density at radius 2 is 1.72 bits per heavy atom. The number of halogens is 1. The summed E-state index contributed by atoms with van der Waals surface area (Å²) in [4.78, 5) is 25.0. The summed E-state index contributed by atoms with van der Waals surface area (Å²) in [7, 11) is 34.7. The van der Waals surface area contributed by atoms with Gasteiger partial charge in [0.1, 0.15) is 26.2 Å². The lowest BCUT2D eigenvalue weighted by Gasteiger charge is -2.52. The number of aromatic nitrogens is 5. The molecule has 1 fully saturated rings. The van der Waals surface area contributed by atoms with Gasteiger partial charge in [0.15, 0.2) is 5.65 Å². The minimum Gasteiger partial charge on any atom is -0.395 e. The van der Waals surface area contributed by atoms with Crippen molar-refractivity contribution in [2.75, 3.05) is 5.32 Å². The monoisotopic (exact) mass is 510 g/mol. The Bertz CT molecular complexity index is 1560. The molecule has 0 bridgehead atoms. The van der Waals surface area contributed by atoms with Crippen LogP contribution < -0.4 is 5.32 Å². The van der Waals surface area contributed by atoms with Crippen molar-refractivity contribution in [3.63, 3.8) is 0 Å². The third kappa shape index (κ3) is 5.01. The van der Waals surface area contributed by atoms with Crippen molar-refractivity contribution in [3.8, 4) is 11.1 Å². The summed E-state index contributed by atoms with van der Waals surface area (Å²) in [5, 5.41) is 14.0. The van der Waals surface area contributed by atoms with E-state index in [-0.39, 0.29) is 17.9 Å². The van der Waals surface area contributed by atoms with E-state index < -0.39 is 33.8 Å². The Morgan fingerprint density at radius 3 is 2.31 bits per heavy atom. The predicted octanol–water partition coefficient (Wildman–Crippen LogP) is 1.32. The molecule has 4 aromatic heterocycles. The van der Waals surface area contributed by atoms with Crippen LogP contribution in [-0.2, 0) is 10.3 Å². The van der Waals surface area contributed by atoms with E-state index in [4.69, 9.17) is 47.1 Å². The van der Waals surface area contributed by atoms with E-state index in [0.29, 0.717) is 33.2 Å².